The Labute approximate surface area is 117 Å². The van der Waals surface area contributed by atoms with Gasteiger partial charge >= 0.3 is 6.18 Å². The van der Waals surface area contributed by atoms with Crippen molar-refractivity contribution in [2.75, 3.05) is 6.61 Å². The molecule has 1 rings (SSSR count). The Morgan fingerprint density at radius 1 is 1.30 bits per heavy atom. The van der Waals surface area contributed by atoms with Gasteiger partial charge in [0.15, 0.2) is 6.61 Å². The molecule has 0 aliphatic carbocycles. The summed E-state index contributed by atoms with van der Waals surface area (Å²) in [5, 5.41) is 3.23. The minimum absolute atomic E-state index is 0.0360. The average molecular weight is 290 g/mol. The van der Waals surface area contributed by atoms with Crippen molar-refractivity contribution in [1.29, 1.82) is 0 Å². The lowest BCUT2D eigenvalue weighted by Gasteiger charge is -2.13. The first-order chi connectivity index (χ1) is 9.30. The van der Waals surface area contributed by atoms with Gasteiger partial charge in [0.25, 0.3) is 0 Å². The van der Waals surface area contributed by atoms with Crippen molar-refractivity contribution < 1.29 is 17.9 Å². The number of aryl methyl sites for hydroxylation is 1. The molecular weight excluding hydrogens is 269 g/mol. The quantitative estimate of drug-likeness (QED) is 0.835. The Balaban J connectivity index is 2.81. The van der Waals surface area contributed by atoms with Gasteiger partial charge in [0, 0.05) is 24.3 Å². The van der Waals surface area contributed by atoms with Crippen LogP contribution in [-0.2, 0) is 13.0 Å². The number of nitrogens with one attached hydrogen (secondary N) is 1. The average Bonchev–Trinajstić information content (AvgIpc) is 2.33. The summed E-state index contributed by atoms with van der Waals surface area (Å²) in [6.07, 6.45) is -2.75. The molecule has 0 unspecified atom stereocenters. The van der Waals surface area contributed by atoms with E-state index in [9.17, 15) is 13.2 Å². The number of hydrogen-bond donors (Lipinski definition) is 1. The molecule has 0 fully saturated rings. The van der Waals surface area contributed by atoms with Crippen LogP contribution in [0.4, 0.5) is 13.2 Å². The molecule has 0 aromatic carbocycles. The van der Waals surface area contributed by atoms with E-state index >= 15 is 0 Å². The van der Waals surface area contributed by atoms with Gasteiger partial charge in [-0.15, -0.1) is 0 Å². The van der Waals surface area contributed by atoms with Gasteiger partial charge in [-0.2, -0.15) is 13.2 Å². The van der Waals surface area contributed by atoms with E-state index in [2.05, 4.69) is 10.3 Å². The summed E-state index contributed by atoms with van der Waals surface area (Å²) < 4.78 is 41.3. The monoisotopic (exact) mass is 290 g/mol. The molecule has 0 amide bonds. The van der Waals surface area contributed by atoms with Crippen LogP contribution in [0, 0.1) is 0 Å². The van der Waals surface area contributed by atoms with Crippen LogP contribution in [0.2, 0.25) is 0 Å². The van der Waals surface area contributed by atoms with Gasteiger partial charge in [0.1, 0.15) is 0 Å². The number of aromatic nitrogens is 1. The molecule has 0 radical (unpaired) electrons. The summed E-state index contributed by atoms with van der Waals surface area (Å²) >= 11 is 0. The number of alkyl halides is 3. The topological polar surface area (TPSA) is 34.1 Å². The fourth-order valence-corrected chi connectivity index (χ4v) is 1.66. The molecule has 114 valence electrons. The summed E-state index contributed by atoms with van der Waals surface area (Å²) in [5.74, 6) is 0.0360. The SMILES string of the molecule is CCCc1cc(CNC(C)C)cc(OCC(F)(F)F)n1. The number of halogens is 3. The highest BCUT2D eigenvalue weighted by molar-refractivity contribution is 5.25. The number of pyridine rings is 1. The number of hydrogen-bond acceptors (Lipinski definition) is 3. The predicted octanol–water partition coefficient (Wildman–Crippen LogP) is 3.47. The lowest BCUT2D eigenvalue weighted by molar-refractivity contribution is -0.154. The largest absolute Gasteiger partial charge is 0.468 e. The van der Waals surface area contributed by atoms with Crippen LogP contribution < -0.4 is 10.1 Å². The minimum Gasteiger partial charge on any atom is -0.468 e. The summed E-state index contributed by atoms with van der Waals surface area (Å²) in [6.45, 7) is 5.29. The van der Waals surface area contributed by atoms with Crippen molar-refractivity contribution in [2.45, 2.75) is 52.4 Å². The van der Waals surface area contributed by atoms with Crippen LogP contribution in [0.5, 0.6) is 5.88 Å². The standard InChI is InChI=1S/C14H21F3N2O/c1-4-5-12-6-11(8-18-10(2)3)7-13(19-12)20-9-14(15,16)17/h6-7,10,18H,4-5,8-9H2,1-3H3. The normalized spacial score (nSPS) is 11.9. The van der Waals surface area contributed by atoms with Gasteiger partial charge in [-0.1, -0.05) is 27.2 Å². The maximum atomic E-state index is 12.2. The van der Waals surface area contributed by atoms with Gasteiger partial charge < -0.3 is 10.1 Å². The lowest BCUT2D eigenvalue weighted by atomic mass is 10.1. The van der Waals surface area contributed by atoms with Crippen LogP contribution in [-0.4, -0.2) is 23.8 Å². The number of ether oxygens (including phenoxy) is 1. The van der Waals surface area contributed by atoms with Crippen LogP contribution in [0.3, 0.4) is 0 Å². The molecule has 0 aliphatic heterocycles. The minimum atomic E-state index is -4.35. The van der Waals surface area contributed by atoms with E-state index in [1.807, 2.05) is 26.8 Å². The van der Waals surface area contributed by atoms with Gasteiger partial charge in [-0.3, -0.25) is 0 Å². The highest BCUT2D eigenvalue weighted by Gasteiger charge is 2.28. The Bertz CT molecular complexity index is 419. The van der Waals surface area contributed by atoms with Crippen LogP contribution >= 0.6 is 0 Å². The van der Waals surface area contributed by atoms with Gasteiger partial charge in [0.05, 0.1) is 0 Å². The summed E-state index contributed by atoms with van der Waals surface area (Å²) in [4.78, 5) is 4.10. The smallest absolute Gasteiger partial charge is 0.422 e. The number of rotatable bonds is 7. The molecule has 0 atom stereocenters. The lowest BCUT2D eigenvalue weighted by Crippen LogP contribution is -2.22. The van der Waals surface area contributed by atoms with Crippen molar-refractivity contribution in [1.82, 2.24) is 10.3 Å². The third-order valence-corrected chi connectivity index (χ3v) is 2.52. The van der Waals surface area contributed by atoms with Gasteiger partial charge in [-0.05, 0) is 18.1 Å². The van der Waals surface area contributed by atoms with E-state index in [4.69, 9.17) is 4.74 Å². The number of nitrogens with zero attached hydrogens (tertiary/aromatic N) is 1. The van der Waals surface area contributed by atoms with Gasteiger partial charge in [-0.25, -0.2) is 4.98 Å². The molecule has 6 heteroatoms. The summed E-state index contributed by atoms with van der Waals surface area (Å²) in [7, 11) is 0. The zero-order valence-corrected chi connectivity index (χ0v) is 12.0. The van der Waals surface area contributed by atoms with E-state index in [1.165, 1.54) is 0 Å². The van der Waals surface area contributed by atoms with E-state index in [-0.39, 0.29) is 5.88 Å². The first-order valence-corrected chi connectivity index (χ1v) is 6.73. The predicted molar refractivity (Wildman–Crippen MR) is 71.8 cm³/mol. The Morgan fingerprint density at radius 3 is 2.55 bits per heavy atom. The van der Waals surface area contributed by atoms with Crippen LogP contribution in [0.1, 0.15) is 38.4 Å². The van der Waals surface area contributed by atoms with Crippen molar-refractivity contribution in [3.05, 3.63) is 23.4 Å². The summed E-state index contributed by atoms with van der Waals surface area (Å²) in [6, 6.07) is 3.76. The Kier molecular flexibility index (Phi) is 6.26. The molecular formula is C14H21F3N2O. The third kappa shape index (κ3) is 6.75. The second kappa shape index (κ2) is 7.47. The Hall–Kier alpha value is -1.30. The molecule has 1 aromatic heterocycles. The second-order valence-corrected chi connectivity index (χ2v) is 4.99. The summed E-state index contributed by atoms with van der Waals surface area (Å²) in [5.41, 5.74) is 1.64. The molecule has 1 N–H and O–H groups in total. The highest BCUT2D eigenvalue weighted by atomic mass is 19.4. The van der Waals surface area contributed by atoms with Crippen molar-refractivity contribution in [3.63, 3.8) is 0 Å². The van der Waals surface area contributed by atoms with E-state index in [0.29, 0.717) is 12.6 Å². The molecule has 0 spiro atoms. The molecule has 20 heavy (non-hydrogen) atoms. The zero-order valence-electron chi connectivity index (χ0n) is 12.0. The molecule has 1 aromatic rings. The van der Waals surface area contributed by atoms with Crippen molar-refractivity contribution >= 4 is 0 Å². The van der Waals surface area contributed by atoms with E-state index < -0.39 is 12.8 Å². The maximum absolute atomic E-state index is 12.2. The Morgan fingerprint density at radius 2 is 2.00 bits per heavy atom. The molecule has 0 bridgehead atoms. The zero-order chi connectivity index (χ0) is 15.2. The molecule has 0 saturated carbocycles. The fraction of sp³-hybridized carbons (Fsp3) is 0.643. The van der Waals surface area contributed by atoms with Gasteiger partial charge in [0.2, 0.25) is 5.88 Å². The second-order valence-electron chi connectivity index (χ2n) is 4.99. The molecule has 3 nitrogen and oxygen atoms in total. The molecule has 1 heterocycles. The fourth-order valence-electron chi connectivity index (χ4n) is 1.66. The van der Waals surface area contributed by atoms with E-state index in [0.717, 1.165) is 24.1 Å². The van der Waals surface area contributed by atoms with Crippen LogP contribution in [0.15, 0.2) is 12.1 Å². The van der Waals surface area contributed by atoms with Crippen LogP contribution in [0.25, 0.3) is 0 Å². The first kappa shape index (κ1) is 16.8. The van der Waals surface area contributed by atoms with Crippen molar-refractivity contribution in [3.8, 4) is 5.88 Å². The first-order valence-electron chi connectivity index (χ1n) is 6.73. The van der Waals surface area contributed by atoms with E-state index in [1.54, 1.807) is 6.07 Å². The third-order valence-electron chi connectivity index (χ3n) is 2.52. The van der Waals surface area contributed by atoms with Crippen molar-refractivity contribution in [2.24, 2.45) is 0 Å². The molecule has 0 saturated heterocycles. The molecule has 0 aliphatic rings. The maximum Gasteiger partial charge on any atom is 0.422 e. The highest BCUT2D eigenvalue weighted by Crippen LogP contribution is 2.19.